The molecular weight excluding hydrogens is 240 g/mol. The summed E-state index contributed by atoms with van der Waals surface area (Å²) in [5, 5.41) is 2.90. The Morgan fingerprint density at radius 1 is 1.28 bits per heavy atom. The zero-order chi connectivity index (χ0) is 13.0. The van der Waals surface area contributed by atoms with E-state index in [0.29, 0.717) is 12.5 Å². The summed E-state index contributed by atoms with van der Waals surface area (Å²) in [7, 11) is 0. The van der Waals surface area contributed by atoms with Crippen LogP contribution in [-0.2, 0) is 0 Å². The van der Waals surface area contributed by atoms with Crippen molar-refractivity contribution in [1.29, 1.82) is 0 Å². The number of hydrogen-bond donors (Lipinski definition) is 1. The van der Waals surface area contributed by atoms with Crippen LogP contribution in [0.3, 0.4) is 0 Å². The van der Waals surface area contributed by atoms with Gasteiger partial charge in [-0.05, 0) is 19.1 Å². The summed E-state index contributed by atoms with van der Waals surface area (Å²) in [5.41, 5.74) is 0. The van der Waals surface area contributed by atoms with Crippen molar-refractivity contribution in [3.05, 3.63) is 42.1 Å². The van der Waals surface area contributed by atoms with Crippen molar-refractivity contribution in [1.82, 2.24) is 9.97 Å². The van der Waals surface area contributed by atoms with Crippen LogP contribution in [0.1, 0.15) is 6.92 Å². The molecule has 0 aliphatic heterocycles. The van der Waals surface area contributed by atoms with Crippen LogP contribution in [0.15, 0.2) is 30.5 Å². The molecule has 0 atom stereocenters. The Kier molecular flexibility index (Phi) is 3.66. The lowest BCUT2D eigenvalue weighted by molar-refractivity contribution is 0.423. The molecule has 0 aliphatic rings. The van der Waals surface area contributed by atoms with Crippen LogP contribution in [0.25, 0.3) is 0 Å². The molecule has 1 heterocycles. The van der Waals surface area contributed by atoms with Crippen LogP contribution < -0.4 is 10.1 Å². The lowest BCUT2D eigenvalue weighted by Gasteiger charge is -2.07. The first-order valence-corrected chi connectivity index (χ1v) is 5.39. The van der Waals surface area contributed by atoms with Gasteiger partial charge in [0.15, 0.2) is 11.6 Å². The average molecular weight is 251 g/mol. The molecule has 18 heavy (non-hydrogen) atoms. The van der Waals surface area contributed by atoms with E-state index in [1.54, 1.807) is 0 Å². The van der Waals surface area contributed by atoms with Gasteiger partial charge in [0.25, 0.3) is 0 Å². The molecule has 0 bridgehead atoms. The lowest BCUT2D eigenvalue weighted by atomic mass is 10.3. The standard InChI is InChI=1S/C12H11F2N3O/c1-2-15-12-16-6-5-11(17-12)18-10-4-3-8(13)7-9(10)14/h3-7H,2H2,1H3,(H,15,16,17). The van der Waals surface area contributed by atoms with Gasteiger partial charge in [-0.1, -0.05) is 0 Å². The maximum absolute atomic E-state index is 13.4. The van der Waals surface area contributed by atoms with Crippen molar-refractivity contribution >= 4 is 5.95 Å². The molecular formula is C12H11F2N3O. The highest BCUT2D eigenvalue weighted by molar-refractivity contribution is 5.32. The molecule has 0 unspecified atom stereocenters. The van der Waals surface area contributed by atoms with Crippen LogP contribution >= 0.6 is 0 Å². The lowest BCUT2D eigenvalue weighted by Crippen LogP contribution is -2.02. The van der Waals surface area contributed by atoms with E-state index in [1.165, 1.54) is 18.3 Å². The number of hydrogen-bond acceptors (Lipinski definition) is 4. The molecule has 0 spiro atoms. The SMILES string of the molecule is CCNc1nccc(Oc2ccc(F)cc2F)n1. The highest BCUT2D eigenvalue weighted by Gasteiger charge is 2.07. The second kappa shape index (κ2) is 5.39. The Hall–Kier alpha value is -2.24. The molecule has 0 amide bonds. The van der Waals surface area contributed by atoms with Gasteiger partial charge in [-0.2, -0.15) is 4.98 Å². The monoisotopic (exact) mass is 251 g/mol. The molecule has 0 fully saturated rings. The third-order valence-corrected chi connectivity index (χ3v) is 2.07. The molecule has 2 rings (SSSR count). The van der Waals surface area contributed by atoms with E-state index in [9.17, 15) is 8.78 Å². The Morgan fingerprint density at radius 3 is 2.83 bits per heavy atom. The van der Waals surface area contributed by atoms with Crippen molar-refractivity contribution < 1.29 is 13.5 Å². The van der Waals surface area contributed by atoms with E-state index in [-0.39, 0.29) is 11.6 Å². The van der Waals surface area contributed by atoms with Crippen molar-refractivity contribution in [2.45, 2.75) is 6.92 Å². The van der Waals surface area contributed by atoms with E-state index < -0.39 is 11.6 Å². The summed E-state index contributed by atoms with van der Waals surface area (Å²) in [6.07, 6.45) is 1.49. The molecule has 0 aliphatic carbocycles. The fraction of sp³-hybridized carbons (Fsp3) is 0.167. The van der Waals surface area contributed by atoms with Gasteiger partial charge in [0, 0.05) is 24.9 Å². The molecule has 1 N–H and O–H groups in total. The summed E-state index contributed by atoms with van der Waals surface area (Å²) in [5.74, 6) is -0.948. The second-order valence-electron chi connectivity index (χ2n) is 3.43. The van der Waals surface area contributed by atoms with Crippen molar-refractivity contribution in [3.63, 3.8) is 0 Å². The van der Waals surface area contributed by atoms with E-state index in [0.717, 1.165) is 12.1 Å². The zero-order valence-electron chi connectivity index (χ0n) is 9.65. The van der Waals surface area contributed by atoms with Crippen molar-refractivity contribution in [2.24, 2.45) is 0 Å². The number of benzene rings is 1. The van der Waals surface area contributed by atoms with Crippen molar-refractivity contribution in [3.8, 4) is 11.6 Å². The van der Waals surface area contributed by atoms with Gasteiger partial charge in [0.1, 0.15) is 5.82 Å². The number of nitrogens with zero attached hydrogens (tertiary/aromatic N) is 2. The third-order valence-electron chi connectivity index (χ3n) is 2.07. The predicted molar refractivity (Wildman–Crippen MR) is 62.6 cm³/mol. The van der Waals surface area contributed by atoms with Gasteiger partial charge in [-0.25, -0.2) is 13.8 Å². The van der Waals surface area contributed by atoms with E-state index in [1.807, 2.05) is 6.92 Å². The number of nitrogens with one attached hydrogen (secondary N) is 1. The van der Waals surface area contributed by atoms with Crippen LogP contribution in [0.2, 0.25) is 0 Å². The number of anilines is 1. The molecule has 0 saturated carbocycles. The summed E-state index contributed by atoms with van der Waals surface area (Å²) >= 11 is 0. The molecule has 0 saturated heterocycles. The molecule has 2 aromatic rings. The van der Waals surface area contributed by atoms with Crippen LogP contribution in [-0.4, -0.2) is 16.5 Å². The average Bonchev–Trinajstić information content (AvgIpc) is 2.34. The van der Waals surface area contributed by atoms with Gasteiger partial charge in [0.2, 0.25) is 11.8 Å². The first-order valence-electron chi connectivity index (χ1n) is 5.39. The predicted octanol–water partition coefficient (Wildman–Crippen LogP) is 2.98. The van der Waals surface area contributed by atoms with Crippen molar-refractivity contribution in [2.75, 3.05) is 11.9 Å². The van der Waals surface area contributed by atoms with Gasteiger partial charge >= 0.3 is 0 Å². The fourth-order valence-corrected chi connectivity index (χ4v) is 1.31. The number of ether oxygens (including phenoxy) is 1. The minimum Gasteiger partial charge on any atom is -0.436 e. The molecule has 1 aromatic carbocycles. The van der Waals surface area contributed by atoms with Gasteiger partial charge < -0.3 is 10.1 Å². The largest absolute Gasteiger partial charge is 0.436 e. The van der Waals surface area contributed by atoms with Gasteiger partial charge in [-0.15, -0.1) is 0 Å². The number of aromatic nitrogens is 2. The Bertz CT molecular complexity index is 549. The maximum Gasteiger partial charge on any atom is 0.225 e. The fourth-order valence-electron chi connectivity index (χ4n) is 1.31. The highest BCUT2D eigenvalue weighted by Crippen LogP contribution is 2.23. The van der Waals surface area contributed by atoms with Crippen LogP contribution in [0.5, 0.6) is 11.6 Å². The second-order valence-corrected chi connectivity index (χ2v) is 3.43. The van der Waals surface area contributed by atoms with E-state index >= 15 is 0 Å². The quantitative estimate of drug-likeness (QED) is 0.907. The maximum atomic E-state index is 13.4. The summed E-state index contributed by atoms with van der Waals surface area (Å²) in [6, 6.07) is 4.57. The summed E-state index contributed by atoms with van der Waals surface area (Å²) in [6.45, 7) is 2.56. The Labute approximate surface area is 103 Å². The van der Waals surface area contributed by atoms with E-state index in [4.69, 9.17) is 4.74 Å². The first kappa shape index (κ1) is 12.2. The smallest absolute Gasteiger partial charge is 0.225 e. The Balaban J connectivity index is 2.20. The molecule has 94 valence electrons. The minimum absolute atomic E-state index is 0.0856. The molecule has 4 nitrogen and oxygen atoms in total. The molecule has 6 heteroatoms. The van der Waals surface area contributed by atoms with Gasteiger partial charge in [-0.3, -0.25) is 0 Å². The number of rotatable bonds is 4. The third kappa shape index (κ3) is 2.91. The molecule has 1 aromatic heterocycles. The number of halogens is 2. The minimum atomic E-state index is -0.779. The molecule has 0 radical (unpaired) electrons. The first-order chi connectivity index (χ1) is 8.69. The van der Waals surface area contributed by atoms with Crippen LogP contribution in [0, 0.1) is 11.6 Å². The van der Waals surface area contributed by atoms with E-state index in [2.05, 4.69) is 15.3 Å². The highest BCUT2D eigenvalue weighted by atomic mass is 19.1. The summed E-state index contributed by atoms with van der Waals surface area (Å²) < 4.78 is 31.3. The summed E-state index contributed by atoms with van der Waals surface area (Å²) in [4.78, 5) is 7.97. The normalized spacial score (nSPS) is 10.2. The van der Waals surface area contributed by atoms with Gasteiger partial charge in [0.05, 0.1) is 0 Å². The Morgan fingerprint density at radius 2 is 2.11 bits per heavy atom. The zero-order valence-corrected chi connectivity index (χ0v) is 9.65. The topological polar surface area (TPSA) is 47.0 Å². The van der Waals surface area contributed by atoms with Crippen LogP contribution in [0.4, 0.5) is 14.7 Å².